The molecule has 1 saturated carbocycles. The zero-order valence-corrected chi connectivity index (χ0v) is 13.3. The van der Waals surface area contributed by atoms with E-state index in [0.717, 1.165) is 19.3 Å². The number of nitrogens with one attached hydrogen (secondary N) is 2. The molecular weight excluding hydrogens is 312 g/mol. The van der Waals surface area contributed by atoms with Gasteiger partial charge in [-0.15, -0.1) is 0 Å². The van der Waals surface area contributed by atoms with Crippen molar-refractivity contribution in [1.82, 2.24) is 0 Å². The van der Waals surface area contributed by atoms with Crippen molar-refractivity contribution in [2.75, 3.05) is 10.0 Å². The second kappa shape index (κ2) is 6.42. The minimum absolute atomic E-state index is 0.0359. The average molecular weight is 330 g/mol. The highest BCUT2D eigenvalue weighted by Crippen LogP contribution is 2.30. The standard InChI is InChI=1S/C17H18N2O3S/c20-17(13-7-6-8-13)18-15-11-4-5-12-16(15)19-23(21,22)14-9-2-1-3-10-14/h1-5,9-13,19H,6-8H2,(H,18,20). The normalized spacial score (nSPS) is 14.8. The summed E-state index contributed by atoms with van der Waals surface area (Å²) in [6.07, 6.45) is 2.86. The molecular formula is C17H18N2O3S. The summed E-state index contributed by atoms with van der Waals surface area (Å²) in [5.74, 6) is -0.0172. The topological polar surface area (TPSA) is 75.3 Å². The van der Waals surface area contributed by atoms with Crippen molar-refractivity contribution < 1.29 is 13.2 Å². The highest BCUT2D eigenvalue weighted by atomic mass is 32.2. The van der Waals surface area contributed by atoms with Crippen LogP contribution in [0.3, 0.4) is 0 Å². The van der Waals surface area contributed by atoms with E-state index in [9.17, 15) is 13.2 Å². The van der Waals surface area contributed by atoms with Gasteiger partial charge >= 0.3 is 0 Å². The summed E-state index contributed by atoms with van der Waals surface area (Å²) in [5, 5.41) is 2.82. The highest BCUT2D eigenvalue weighted by molar-refractivity contribution is 7.92. The van der Waals surface area contributed by atoms with Crippen LogP contribution in [0, 0.1) is 5.92 Å². The lowest BCUT2D eigenvalue weighted by Gasteiger charge is -2.24. The molecule has 0 aromatic heterocycles. The number of amides is 1. The first-order chi connectivity index (χ1) is 11.1. The molecule has 1 aliphatic rings. The van der Waals surface area contributed by atoms with Crippen LogP contribution < -0.4 is 10.0 Å². The van der Waals surface area contributed by atoms with Crippen molar-refractivity contribution in [2.24, 2.45) is 5.92 Å². The smallest absolute Gasteiger partial charge is 0.261 e. The van der Waals surface area contributed by atoms with Crippen molar-refractivity contribution in [3.63, 3.8) is 0 Å². The van der Waals surface area contributed by atoms with Gasteiger partial charge in [-0.1, -0.05) is 36.8 Å². The number of rotatable bonds is 5. The molecule has 2 aromatic rings. The first kappa shape index (κ1) is 15.6. The van der Waals surface area contributed by atoms with Gasteiger partial charge in [0.25, 0.3) is 10.0 Å². The van der Waals surface area contributed by atoms with Gasteiger partial charge in [0.1, 0.15) is 0 Å². The van der Waals surface area contributed by atoms with Crippen LogP contribution in [0.4, 0.5) is 11.4 Å². The minimum Gasteiger partial charge on any atom is -0.324 e. The molecule has 0 saturated heterocycles. The number of anilines is 2. The predicted molar refractivity (Wildman–Crippen MR) is 89.7 cm³/mol. The van der Waals surface area contributed by atoms with Crippen LogP contribution in [0.25, 0.3) is 0 Å². The molecule has 1 aliphatic carbocycles. The monoisotopic (exact) mass is 330 g/mol. The van der Waals surface area contributed by atoms with Gasteiger partial charge in [-0.05, 0) is 37.1 Å². The number of carbonyl (C=O) groups excluding carboxylic acids is 1. The molecule has 2 N–H and O–H groups in total. The van der Waals surface area contributed by atoms with Gasteiger partial charge in [0.2, 0.25) is 5.91 Å². The Labute approximate surface area is 135 Å². The highest BCUT2D eigenvalue weighted by Gasteiger charge is 2.26. The zero-order valence-electron chi connectivity index (χ0n) is 12.5. The first-order valence-corrected chi connectivity index (χ1v) is 9.02. The van der Waals surface area contributed by atoms with Crippen LogP contribution >= 0.6 is 0 Å². The van der Waals surface area contributed by atoms with E-state index < -0.39 is 10.0 Å². The van der Waals surface area contributed by atoms with E-state index in [1.807, 2.05) is 0 Å². The summed E-state index contributed by atoms with van der Waals surface area (Å²) in [4.78, 5) is 12.3. The van der Waals surface area contributed by atoms with Gasteiger partial charge in [-0.25, -0.2) is 8.42 Å². The fourth-order valence-corrected chi connectivity index (χ4v) is 3.49. The minimum atomic E-state index is -3.68. The Balaban J connectivity index is 1.81. The summed E-state index contributed by atoms with van der Waals surface area (Å²) in [7, 11) is -3.68. The van der Waals surface area contributed by atoms with E-state index in [0.29, 0.717) is 11.4 Å². The summed E-state index contributed by atoms with van der Waals surface area (Å²) in [5.41, 5.74) is 0.841. The molecule has 5 nitrogen and oxygen atoms in total. The largest absolute Gasteiger partial charge is 0.324 e. The maximum atomic E-state index is 12.4. The van der Waals surface area contributed by atoms with Crippen LogP contribution in [0.2, 0.25) is 0 Å². The van der Waals surface area contributed by atoms with E-state index in [1.165, 1.54) is 12.1 Å². The molecule has 3 rings (SSSR count). The lowest BCUT2D eigenvalue weighted by molar-refractivity contribution is -0.122. The van der Waals surface area contributed by atoms with E-state index in [4.69, 9.17) is 0 Å². The summed E-state index contributed by atoms with van der Waals surface area (Å²) in [6, 6.07) is 15.0. The van der Waals surface area contributed by atoms with Gasteiger partial charge in [0.05, 0.1) is 16.3 Å². The third-order valence-electron chi connectivity index (χ3n) is 3.96. The molecule has 0 bridgehead atoms. The Hall–Kier alpha value is -2.34. The Morgan fingerprint density at radius 3 is 2.13 bits per heavy atom. The number of benzene rings is 2. The van der Waals surface area contributed by atoms with E-state index in [1.54, 1.807) is 42.5 Å². The molecule has 0 unspecified atom stereocenters. The number of sulfonamides is 1. The lowest BCUT2D eigenvalue weighted by Crippen LogP contribution is -2.28. The zero-order chi connectivity index (χ0) is 16.3. The molecule has 23 heavy (non-hydrogen) atoms. The van der Waals surface area contributed by atoms with Crippen LogP contribution in [-0.2, 0) is 14.8 Å². The lowest BCUT2D eigenvalue weighted by atomic mass is 9.85. The Bertz CT molecular complexity index is 800. The third kappa shape index (κ3) is 3.53. The fourth-order valence-electron chi connectivity index (χ4n) is 2.39. The first-order valence-electron chi connectivity index (χ1n) is 7.54. The number of hydrogen-bond donors (Lipinski definition) is 2. The molecule has 0 spiro atoms. The predicted octanol–water partition coefficient (Wildman–Crippen LogP) is 3.23. The van der Waals surface area contributed by atoms with Crippen LogP contribution in [0.5, 0.6) is 0 Å². The van der Waals surface area contributed by atoms with Crippen LogP contribution in [0.15, 0.2) is 59.5 Å². The maximum absolute atomic E-state index is 12.4. The molecule has 0 aliphatic heterocycles. The second-order valence-corrected chi connectivity index (χ2v) is 7.26. The summed E-state index contributed by atoms with van der Waals surface area (Å²) >= 11 is 0. The van der Waals surface area contributed by atoms with Gasteiger partial charge in [0.15, 0.2) is 0 Å². The van der Waals surface area contributed by atoms with Gasteiger partial charge < -0.3 is 5.32 Å². The third-order valence-corrected chi connectivity index (χ3v) is 5.34. The van der Waals surface area contributed by atoms with E-state index in [-0.39, 0.29) is 16.7 Å². The van der Waals surface area contributed by atoms with Crippen molar-refractivity contribution in [1.29, 1.82) is 0 Å². The van der Waals surface area contributed by atoms with Crippen molar-refractivity contribution in [2.45, 2.75) is 24.2 Å². The molecule has 120 valence electrons. The Morgan fingerprint density at radius 2 is 1.52 bits per heavy atom. The molecule has 0 radical (unpaired) electrons. The second-order valence-electron chi connectivity index (χ2n) is 5.58. The van der Waals surface area contributed by atoms with Crippen molar-refractivity contribution in [3.05, 3.63) is 54.6 Å². The van der Waals surface area contributed by atoms with Crippen molar-refractivity contribution in [3.8, 4) is 0 Å². The van der Waals surface area contributed by atoms with Gasteiger partial charge in [-0.3, -0.25) is 9.52 Å². The van der Waals surface area contributed by atoms with Crippen LogP contribution in [-0.4, -0.2) is 14.3 Å². The van der Waals surface area contributed by atoms with Gasteiger partial charge in [-0.2, -0.15) is 0 Å². The SMILES string of the molecule is O=C(Nc1ccccc1NS(=O)(=O)c1ccccc1)C1CCC1. The van der Waals surface area contributed by atoms with Crippen molar-refractivity contribution >= 4 is 27.3 Å². The Kier molecular flexibility index (Phi) is 4.34. The number of para-hydroxylation sites is 2. The Morgan fingerprint density at radius 1 is 0.913 bits per heavy atom. The quantitative estimate of drug-likeness (QED) is 0.884. The molecule has 0 atom stereocenters. The van der Waals surface area contributed by atoms with E-state index in [2.05, 4.69) is 10.0 Å². The molecule has 1 fully saturated rings. The summed E-state index contributed by atoms with van der Waals surface area (Å²) in [6.45, 7) is 0. The van der Waals surface area contributed by atoms with E-state index >= 15 is 0 Å². The fraction of sp³-hybridized carbons (Fsp3) is 0.235. The number of hydrogen-bond acceptors (Lipinski definition) is 3. The maximum Gasteiger partial charge on any atom is 0.261 e. The molecule has 1 amide bonds. The van der Waals surface area contributed by atoms with Crippen LogP contribution in [0.1, 0.15) is 19.3 Å². The average Bonchev–Trinajstić information content (AvgIpc) is 2.48. The van der Waals surface area contributed by atoms with Gasteiger partial charge in [0, 0.05) is 5.92 Å². The molecule has 0 heterocycles. The molecule has 2 aromatic carbocycles. The molecule has 6 heteroatoms. The summed E-state index contributed by atoms with van der Waals surface area (Å²) < 4.78 is 27.4. The number of carbonyl (C=O) groups is 1.